The van der Waals surface area contributed by atoms with Crippen molar-refractivity contribution >= 4 is 11.9 Å². The predicted molar refractivity (Wildman–Crippen MR) is 80.2 cm³/mol. The lowest BCUT2D eigenvalue weighted by Crippen LogP contribution is -2.40. The van der Waals surface area contributed by atoms with Crippen molar-refractivity contribution in [2.24, 2.45) is 5.92 Å². The van der Waals surface area contributed by atoms with E-state index in [1.54, 1.807) is 13.8 Å². The Bertz CT molecular complexity index is 506. The van der Waals surface area contributed by atoms with E-state index in [1.165, 1.54) is 11.1 Å². The second-order valence-corrected chi connectivity index (χ2v) is 5.97. The summed E-state index contributed by atoms with van der Waals surface area (Å²) < 4.78 is 1.81. The lowest BCUT2D eigenvalue weighted by atomic mass is 10.1. The van der Waals surface area contributed by atoms with Crippen LogP contribution >= 0.6 is 0 Å². The predicted octanol–water partition coefficient (Wildman–Crippen LogP) is 2.17. The molecule has 0 aliphatic heterocycles. The third kappa shape index (κ3) is 4.58. The number of aliphatic carboxylic acids is 1. The van der Waals surface area contributed by atoms with Crippen molar-refractivity contribution in [1.29, 1.82) is 0 Å². The van der Waals surface area contributed by atoms with Crippen LogP contribution in [0.5, 0.6) is 0 Å². The number of aryl methyl sites for hydroxylation is 1. The molecule has 0 aliphatic carbocycles. The first-order chi connectivity index (χ1) is 9.73. The van der Waals surface area contributed by atoms with Crippen LogP contribution in [-0.2, 0) is 11.3 Å². The van der Waals surface area contributed by atoms with Gasteiger partial charge in [-0.2, -0.15) is 5.10 Å². The van der Waals surface area contributed by atoms with Crippen LogP contribution in [0.15, 0.2) is 6.20 Å². The minimum absolute atomic E-state index is 0.174. The van der Waals surface area contributed by atoms with Crippen LogP contribution in [0.1, 0.15) is 50.2 Å². The van der Waals surface area contributed by atoms with Crippen molar-refractivity contribution in [3.63, 3.8) is 0 Å². The number of hydrogen-bond donors (Lipinski definition) is 1. The number of carbonyl (C=O) groups excluding carboxylic acids is 1. The summed E-state index contributed by atoms with van der Waals surface area (Å²) in [7, 11) is 0. The fraction of sp³-hybridized carbons (Fsp3) is 0.667. The number of rotatable bonds is 7. The lowest BCUT2D eigenvalue weighted by molar-refractivity contribution is -0.138. The molecule has 6 nitrogen and oxygen atoms in total. The number of carboxylic acid groups (broad SMARTS) is 1. The summed E-state index contributed by atoms with van der Waals surface area (Å²) in [6.45, 7) is 10.2. The van der Waals surface area contributed by atoms with Gasteiger partial charge in [-0.05, 0) is 33.1 Å². The van der Waals surface area contributed by atoms with E-state index in [2.05, 4.69) is 18.9 Å². The topological polar surface area (TPSA) is 75.4 Å². The molecule has 0 fully saturated rings. The van der Waals surface area contributed by atoms with Crippen molar-refractivity contribution in [2.45, 2.75) is 53.6 Å². The van der Waals surface area contributed by atoms with Gasteiger partial charge in [-0.3, -0.25) is 14.3 Å². The normalized spacial score (nSPS) is 11.2. The van der Waals surface area contributed by atoms with E-state index < -0.39 is 5.97 Å². The monoisotopic (exact) mass is 295 g/mol. The van der Waals surface area contributed by atoms with Crippen molar-refractivity contribution in [2.75, 3.05) is 6.54 Å². The molecule has 1 aromatic rings. The molecule has 1 aromatic heterocycles. The molecule has 0 saturated heterocycles. The molecule has 0 unspecified atom stereocenters. The first kappa shape index (κ1) is 17.2. The molecule has 1 heterocycles. The van der Waals surface area contributed by atoms with Gasteiger partial charge in [0.1, 0.15) is 6.54 Å². The van der Waals surface area contributed by atoms with Crippen molar-refractivity contribution in [3.8, 4) is 0 Å². The highest BCUT2D eigenvalue weighted by molar-refractivity contribution is 5.96. The third-order valence-corrected chi connectivity index (χ3v) is 3.44. The first-order valence-corrected chi connectivity index (χ1v) is 7.29. The molecule has 118 valence electrons. The molecule has 0 saturated carbocycles. The van der Waals surface area contributed by atoms with Gasteiger partial charge in [0.25, 0.3) is 5.91 Å². The molecule has 1 N–H and O–H groups in total. The Morgan fingerprint density at radius 2 is 1.95 bits per heavy atom. The van der Waals surface area contributed by atoms with Gasteiger partial charge in [0.05, 0.1) is 11.8 Å². The Morgan fingerprint density at radius 3 is 2.43 bits per heavy atom. The molecule has 0 atom stereocenters. The molecule has 1 rings (SSSR count). The number of hydrogen-bond acceptors (Lipinski definition) is 3. The number of amides is 1. The third-order valence-electron chi connectivity index (χ3n) is 3.44. The summed E-state index contributed by atoms with van der Waals surface area (Å²) in [5, 5.41) is 13.2. The number of carboxylic acids is 1. The van der Waals surface area contributed by atoms with Crippen LogP contribution in [0.3, 0.4) is 0 Å². The zero-order valence-corrected chi connectivity index (χ0v) is 13.5. The van der Waals surface area contributed by atoms with E-state index in [0.717, 1.165) is 18.7 Å². The first-order valence-electron chi connectivity index (χ1n) is 7.29. The van der Waals surface area contributed by atoms with Crippen LogP contribution < -0.4 is 0 Å². The molecule has 0 aliphatic rings. The number of aromatic nitrogens is 2. The average molecular weight is 295 g/mol. The van der Waals surface area contributed by atoms with Gasteiger partial charge in [0.15, 0.2) is 0 Å². The maximum absolute atomic E-state index is 12.5. The summed E-state index contributed by atoms with van der Waals surface area (Å²) in [5.74, 6) is -0.727. The summed E-state index contributed by atoms with van der Waals surface area (Å²) in [6, 6.07) is -0.174. The van der Waals surface area contributed by atoms with Crippen molar-refractivity contribution in [1.82, 2.24) is 14.7 Å². The summed E-state index contributed by atoms with van der Waals surface area (Å²) >= 11 is 0. The van der Waals surface area contributed by atoms with Crippen LogP contribution in [-0.4, -0.2) is 44.3 Å². The van der Waals surface area contributed by atoms with E-state index >= 15 is 0 Å². The van der Waals surface area contributed by atoms with E-state index in [1.807, 2.05) is 11.6 Å². The molecular formula is C15H25N3O3. The van der Waals surface area contributed by atoms with Gasteiger partial charge < -0.3 is 10.0 Å². The van der Waals surface area contributed by atoms with Gasteiger partial charge in [-0.15, -0.1) is 0 Å². The Kier molecular flexibility index (Phi) is 5.93. The fourth-order valence-electron chi connectivity index (χ4n) is 2.05. The van der Waals surface area contributed by atoms with Gasteiger partial charge >= 0.3 is 5.97 Å². The van der Waals surface area contributed by atoms with Gasteiger partial charge in [0.2, 0.25) is 0 Å². The zero-order chi connectivity index (χ0) is 16.2. The highest BCUT2D eigenvalue weighted by Gasteiger charge is 2.24. The second kappa shape index (κ2) is 7.24. The van der Waals surface area contributed by atoms with Gasteiger partial charge in [-0.1, -0.05) is 13.8 Å². The summed E-state index contributed by atoms with van der Waals surface area (Å²) in [5.41, 5.74) is 1.27. The Morgan fingerprint density at radius 1 is 1.33 bits per heavy atom. The van der Waals surface area contributed by atoms with E-state index in [4.69, 9.17) is 5.11 Å². The number of nitrogens with zero attached hydrogens (tertiary/aromatic N) is 3. The molecule has 0 aromatic carbocycles. The molecule has 1 amide bonds. The standard InChI is InChI=1S/C15H25N3O3/c1-10(2)6-7-18-12(5)13(8-16-18)15(21)17(11(3)4)9-14(19)20/h8,10-11H,6-7,9H2,1-5H3,(H,19,20). The van der Waals surface area contributed by atoms with Gasteiger partial charge in [-0.25, -0.2) is 0 Å². The highest BCUT2D eigenvalue weighted by atomic mass is 16.4. The minimum atomic E-state index is -1.01. The summed E-state index contributed by atoms with van der Waals surface area (Å²) in [6.07, 6.45) is 2.52. The SMILES string of the molecule is Cc1c(C(=O)N(CC(=O)O)C(C)C)cnn1CCC(C)C. The van der Waals surface area contributed by atoms with Crippen LogP contribution in [0.2, 0.25) is 0 Å². The van der Waals surface area contributed by atoms with E-state index in [0.29, 0.717) is 11.5 Å². The minimum Gasteiger partial charge on any atom is -0.480 e. The smallest absolute Gasteiger partial charge is 0.323 e. The Labute approximate surface area is 125 Å². The maximum atomic E-state index is 12.5. The van der Waals surface area contributed by atoms with Crippen molar-refractivity contribution < 1.29 is 14.7 Å². The molecule has 0 bridgehead atoms. The largest absolute Gasteiger partial charge is 0.480 e. The zero-order valence-electron chi connectivity index (χ0n) is 13.5. The Hall–Kier alpha value is -1.85. The summed E-state index contributed by atoms with van der Waals surface area (Å²) in [4.78, 5) is 24.8. The maximum Gasteiger partial charge on any atom is 0.323 e. The van der Waals surface area contributed by atoms with Crippen LogP contribution in [0, 0.1) is 12.8 Å². The van der Waals surface area contributed by atoms with Crippen LogP contribution in [0.4, 0.5) is 0 Å². The van der Waals surface area contributed by atoms with E-state index in [9.17, 15) is 9.59 Å². The lowest BCUT2D eigenvalue weighted by Gasteiger charge is -2.24. The fourth-order valence-corrected chi connectivity index (χ4v) is 2.05. The molecule has 21 heavy (non-hydrogen) atoms. The van der Waals surface area contributed by atoms with Crippen molar-refractivity contribution in [3.05, 3.63) is 17.5 Å². The average Bonchev–Trinajstić information content (AvgIpc) is 2.73. The number of carbonyl (C=O) groups is 2. The molecular weight excluding hydrogens is 270 g/mol. The molecule has 0 spiro atoms. The molecule has 6 heteroatoms. The highest BCUT2D eigenvalue weighted by Crippen LogP contribution is 2.14. The second-order valence-electron chi connectivity index (χ2n) is 5.97. The molecule has 0 radical (unpaired) electrons. The quantitative estimate of drug-likeness (QED) is 0.836. The van der Waals surface area contributed by atoms with E-state index in [-0.39, 0.29) is 18.5 Å². The van der Waals surface area contributed by atoms with Crippen LogP contribution in [0.25, 0.3) is 0 Å². The Balaban J connectivity index is 2.93. The van der Waals surface area contributed by atoms with Gasteiger partial charge in [0, 0.05) is 18.3 Å².